The Hall–Kier alpha value is -0.590. The van der Waals surface area contributed by atoms with E-state index in [0.717, 1.165) is 25.7 Å². The average Bonchev–Trinajstić information content (AvgIpc) is 3.00. The summed E-state index contributed by atoms with van der Waals surface area (Å²) >= 11 is 0. The number of hydrogen-bond acceptors (Lipinski definition) is 1. The Morgan fingerprint density at radius 3 is 0.786 bits per heavy atom. The van der Waals surface area contributed by atoms with Crippen LogP contribution in [0.15, 0.2) is 12.2 Å². The molecule has 0 radical (unpaired) electrons. The maximum Gasteiger partial charge on any atom is 0.132 e. The van der Waals surface area contributed by atoms with E-state index in [4.69, 9.17) is 0 Å². The Morgan fingerprint density at radius 1 is 0.310 bits per heavy atom. The summed E-state index contributed by atoms with van der Waals surface area (Å²) < 4.78 is 0. The molecule has 0 N–H and O–H groups in total. The first-order valence-corrected chi connectivity index (χ1v) is 20.0. The quantitative estimate of drug-likeness (QED) is 0.0521. The van der Waals surface area contributed by atoms with Gasteiger partial charge in [0.15, 0.2) is 0 Å². The summed E-state index contributed by atoms with van der Waals surface area (Å²) in [6.07, 6.45) is 53.4. The van der Waals surface area contributed by atoms with E-state index in [9.17, 15) is 4.79 Å². The highest BCUT2D eigenvalue weighted by molar-refractivity contribution is 5.78. The Kier molecular flexibility index (Phi) is 37.9. The van der Waals surface area contributed by atoms with Gasteiger partial charge in [0.1, 0.15) is 5.78 Å². The molecule has 0 aromatic carbocycles. The summed E-state index contributed by atoms with van der Waals surface area (Å²) in [5, 5.41) is 0. The minimum absolute atomic E-state index is 0.521. The van der Waals surface area contributed by atoms with Crippen LogP contribution in [0.1, 0.15) is 245 Å². The van der Waals surface area contributed by atoms with Crippen LogP contribution in [0.3, 0.4) is 0 Å². The highest BCUT2D eigenvalue weighted by Crippen LogP contribution is 2.16. The monoisotopic (exact) mass is 589 g/mol. The second-order valence-corrected chi connectivity index (χ2v) is 13.7. The van der Waals surface area contributed by atoms with Crippen LogP contribution in [0.4, 0.5) is 0 Å². The smallest absolute Gasteiger partial charge is 0.132 e. The molecule has 0 unspecified atom stereocenters. The fraction of sp³-hybridized carbons (Fsp3) is 0.927. The van der Waals surface area contributed by atoms with Crippen molar-refractivity contribution in [2.45, 2.75) is 245 Å². The maximum atomic E-state index is 12.2. The lowest BCUT2D eigenvalue weighted by atomic mass is 10.0. The Morgan fingerprint density at radius 2 is 0.524 bits per heavy atom. The molecule has 0 aromatic heterocycles. The van der Waals surface area contributed by atoms with Crippen LogP contribution >= 0.6 is 0 Å². The second-order valence-electron chi connectivity index (χ2n) is 13.7. The fourth-order valence-electron chi connectivity index (χ4n) is 6.27. The lowest BCUT2D eigenvalue weighted by molar-refractivity contribution is -0.119. The SMILES string of the molecule is CCCCCCCC/C=C\CCCCCCCCC(=O)CCCCCCCCCCCCCCCCCCCCCC. The molecule has 42 heavy (non-hydrogen) atoms. The first-order valence-electron chi connectivity index (χ1n) is 20.0. The number of ketones is 1. The van der Waals surface area contributed by atoms with Crippen LogP contribution in [0.2, 0.25) is 0 Å². The van der Waals surface area contributed by atoms with Crippen molar-refractivity contribution < 1.29 is 4.79 Å². The maximum absolute atomic E-state index is 12.2. The van der Waals surface area contributed by atoms with Crippen molar-refractivity contribution >= 4 is 5.78 Å². The first kappa shape index (κ1) is 41.4. The molecule has 0 aliphatic heterocycles. The number of Topliss-reactive ketones (excluding diaryl/α,β-unsaturated/α-hetero) is 1. The summed E-state index contributed by atoms with van der Waals surface area (Å²) in [4.78, 5) is 12.2. The molecular formula is C41H80O. The van der Waals surface area contributed by atoms with E-state index in [1.54, 1.807) is 0 Å². The summed E-state index contributed by atoms with van der Waals surface area (Å²) in [5.74, 6) is 0.521. The second kappa shape index (κ2) is 38.4. The van der Waals surface area contributed by atoms with Crippen LogP contribution in [0.5, 0.6) is 0 Å². The van der Waals surface area contributed by atoms with Crippen LogP contribution in [0, 0.1) is 0 Å². The zero-order valence-electron chi connectivity index (χ0n) is 29.5. The van der Waals surface area contributed by atoms with Crippen molar-refractivity contribution in [2.24, 2.45) is 0 Å². The van der Waals surface area contributed by atoms with Gasteiger partial charge in [-0.15, -0.1) is 0 Å². The zero-order chi connectivity index (χ0) is 30.4. The highest BCUT2D eigenvalue weighted by Gasteiger charge is 2.02. The van der Waals surface area contributed by atoms with Crippen molar-refractivity contribution in [1.82, 2.24) is 0 Å². The molecule has 250 valence electrons. The van der Waals surface area contributed by atoms with Gasteiger partial charge in [-0.1, -0.05) is 206 Å². The molecule has 0 amide bonds. The van der Waals surface area contributed by atoms with E-state index in [1.165, 1.54) is 205 Å². The van der Waals surface area contributed by atoms with Gasteiger partial charge in [-0.3, -0.25) is 4.79 Å². The number of rotatable bonds is 37. The van der Waals surface area contributed by atoms with Gasteiger partial charge >= 0.3 is 0 Å². The van der Waals surface area contributed by atoms with Crippen molar-refractivity contribution in [3.05, 3.63) is 12.2 Å². The molecule has 0 fully saturated rings. The minimum Gasteiger partial charge on any atom is -0.300 e. The van der Waals surface area contributed by atoms with E-state index >= 15 is 0 Å². The number of hydrogen-bond donors (Lipinski definition) is 0. The number of allylic oxidation sites excluding steroid dienone is 2. The molecule has 1 heteroatoms. The summed E-state index contributed by atoms with van der Waals surface area (Å²) in [5.41, 5.74) is 0. The zero-order valence-corrected chi connectivity index (χ0v) is 29.5. The largest absolute Gasteiger partial charge is 0.300 e. The van der Waals surface area contributed by atoms with Gasteiger partial charge in [-0.05, 0) is 38.5 Å². The van der Waals surface area contributed by atoms with Gasteiger partial charge in [0.2, 0.25) is 0 Å². The molecule has 0 rings (SSSR count). The normalized spacial score (nSPS) is 11.7. The average molecular weight is 589 g/mol. The molecule has 0 saturated heterocycles. The molecule has 0 atom stereocenters. The molecule has 0 aliphatic rings. The topological polar surface area (TPSA) is 17.1 Å². The number of unbranched alkanes of at least 4 members (excludes halogenated alkanes) is 31. The predicted molar refractivity (Wildman–Crippen MR) is 192 cm³/mol. The van der Waals surface area contributed by atoms with Gasteiger partial charge in [0, 0.05) is 12.8 Å². The lowest BCUT2D eigenvalue weighted by Gasteiger charge is -2.04. The molecule has 0 heterocycles. The van der Waals surface area contributed by atoms with Crippen LogP contribution < -0.4 is 0 Å². The molecular weight excluding hydrogens is 508 g/mol. The third-order valence-electron chi connectivity index (χ3n) is 9.28. The Balaban J connectivity index is 3.17. The van der Waals surface area contributed by atoms with Crippen molar-refractivity contribution in [1.29, 1.82) is 0 Å². The summed E-state index contributed by atoms with van der Waals surface area (Å²) in [6.45, 7) is 4.59. The van der Waals surface area contributed by atoms with Gasteiger partial charge in [0.25, 0.3) is 0 Å². The summed E-state index contributed by atoms with van der Waals surface area (Å²) in [7, 11) is 0. The third-order valence-corrected chi connectivity index (χ3v) is 9.28. The standard InChI is InChI=1S/C41H80O/c1-3-5-7-9-11-13-15-17-19-21-22-23-24-26-28-30-32-34-36-38-40-41(42)39-37-35-33-31-29-27-25-20-18-16-14-12-10-8-6-4-2/h18,20H,3-17,19,21-40H2,1-2H3/b20-18-. The molecule has 0 spiro atoms. The van der Waals surface area contributed by atoms with Crippen LogP contribution in [-0.2, 0) is 4.79 Å². The molecule has 1 nitrogen and oxygen atoms in total. The van der Waals surface area contributed by atoms with Gasteiger partial charge < -0.3 is 0 Å². The predicted octanol–water partition coefficient (Wildman–Crippen LogP) is 15.2. The molecule has 0 saturated carbocycles. The number of carbonyl (C=O) groups is 1. The van der Waals surface area contributed by atoms with Gasteiger partial charge in [0.05, 0.1) is 0 Å². The van der Waals surface area contributed by atoms with Crippen molar-refractivity contribution in [3.63, 3.8) is 0 Å². The Labute approximate surface area is 267 Å². The molecule has 0 aliphatic carbocycles. The van der Waals surface area contributed by atoms with E-state index in [-0.39, 0.29) is 0 Å². The lowest BCUT2D eigenvalue weighted by Crippen LogP contribution is -1.97. The third kappa shape index (κ3) is 37.4. The fourth-order valence-corrected chi connectivity index (χ4v) is 6.27. The van der Waals surface area contributed by atoms with E-state index < -0.39 is 0 Å². The minimum atomic E-state index is 0.521. The van der Waals surface area contributed by atoms with Crippen LogP contribution in [-0.4, -0.2) is 5.78 Å². The highest BCUT2D eigenvalue weighted by atomic mass is 16.1. The number of carbonyl (C=O) groups excluding carboxylic acids is 1. The summed E-state index contributed by atoms with van der Waals surface area (Å²) in [6, 6.07) is 0. The van der Waals surface area contributed by atoms with E-state index in [2.05, 4.69) is 26.0 Å². The van der Waals surface area contributed by atoms with E-state index in [1.807, 2.05) is 0 Å². The first-order chi connectivity index (χ1) is 20.8. The van der Waals surface area contributed by atoms with Gasteiger partial charge in [-0.25, -0.2) is 0 Å². The van der Waals surface area contributed by atoms with Crippen LogP contribution in [0.25, 0.3) is 0 Å². The molecule has 0 aromatic rings. The van der Waals surface area contributed by atoms with Crippen molar-refractivity contribution in [3.8, 4) is 0 Å². The van der Waals surface area contributed by atoms with E-state index in [0.29, 0.717) is 5.78 Å². The Bertz CT molecular complexity index is 521. The van der Waals surface area contributed by atoms with Crippen molar-refractivity contribution in [2.75, 3.05) is 0 Å². The van der Waals surface area contributed by atoms with Gasteiger partial charge in [-0.2, -0.15) is 0 Å². The molecule has 0 bridgehead atoms.